The Morgan fingerprint density at radius 2 is 1.92 bits per heavy atom. The Hall–Kier alpha value is -2.17. The molecule has 1 aliphatic carbocycles. The molecular formula is C20H18Cl2N2O2. The number of carbonyl (C=O) groups is 2. The average Bonchev–Trinajstić information content (AvgIpc) is 2.52. The summed E-state index contributed by atoms with van der Waals surface area (Å²) in [7, 11) is 0. The number of carbonyl (C=O) groups excluding carboxylic acids is 2. The highest BCUT2D eigenvalue weighted by molar-refractivity contribution is 6.37. The number of rotatable bonds is 1. The Morgan fingerprint density at radius 3 is 2.58 bits per heavy atom. The Bertz CT molecular complexity index is 918. The average molecular weight is 389 g/mol. The number of halogens is 2. The van der Waals surface area contributed by atoms with Gasteiger partial charge in [0.1, 0.15) is 0 Å². The van der Waals surface area contributed by atoms with E-state index in [-0.39, 0.29) is 27.8 Å². The first-order valence-corrected chi connectivity index (χ1v) is 8.91. The third kappa shape index (κ3) is 3.81. The molecule has 0 radical (unpaired) electrons. The van der Waals surface area contributed by atoms with Crippen LogP contribution < -0.4 is 5.32 Å². The zero-order valence-electron chi connectivity index (χ0n) is 14.6. The van der Waals surface area contributed by atoms with Gasteiger partial charge in [-0.15, -0.1) is 0 Å². The lowest BCUT2D eigenvalue weighted by Crippen LogP contribution is -2.36. The Balaban J connectivity index is 1.92. The van der Waals surface area contributed by atoms with Crippen molar-refractivity contribution in [3.8, 4) is 0 Å². The van der Waals surface area contributed by atoms with Gasteiger partial charge in [0.25, 0.3) is 5.91 Å². The Labute approximate surface area is 162 Å². The summed E-state index contributed by atoms with van der Waals surface area (Å²) < 4.78 is 0. The van der Waals surface area contributed by atoms with E-state index in [1.165, 1.54) is 6.07 Å². The summed E-state index contributed by atoms with van der Waals surface area (Å²) in [6.45, 7) is 6.20. The maximum atomic E-state index is 12.4. The second-order valence-electron chi connectivity index (χ2n) is 7.24. The lowest BCUT2D eigenvalue weighted by Gasteiger charge is -2.34. The van der Waals surface area contributed by atoms with Crippen molar-refractivity contribution in [2.24, 2.45) is 16.3 Å². The number of allylic oxidation sites excluding steroid dienone is 3. The van der Waals surface area contributed by atoms with E-state index < -0.39 is 5.91 Å². The molecule has 0 bridgehead atoms. The van der Waals surface area contributed by atoms with Gasteiger partial charge in [-0.2, -0.15) is 0 Å². The highest BCUT2D eigenvalue weighted by Crippen LogP contribution is 2.38. The van der Waals surface area contributed by atoms with Gasteiger partial charge in [-0.05, 0) is 41.3 Å². The second kappa shape index (κ2) is 6.86. The lowest BCUT2D eigenvalue weighted by molar-refractivity contribution is -0.116. The minimum atomic E-state index is -0.463. The zero-order valence-corrected chi connectivity index (χ0v) is 16.2. The van der Waals surface area contributed by atoms with Crippen LogP contribution in [-0.2, 0) is 4.79 Å². The molecule has 1 heterocycles. The van der Waals surface area contributed by atoms with E-state index >= 15 is 0 Å². The molecule has 1 N–H and O–H groups in total. The van der Waals surface area contributed by atoms with Crippen molar-refractivity contribution in [2.45, 2.75) is 20.8 Å². The van der Waals surface area contributed by atoms with Crippen LogP contribution in [0.1, 0.15) is 31.1 Å². The SMILES string of the molecule is CC(C)(C)C1=CC(=O)NC2=CC(=NC(=O)c3ccc(Cl)cc3Cl)C=CC21. The maximum Gasteiger partial charge on any atom is 0.279 e. The monoisotopic (exact) mass is 388 g/mol. The fraction of sp³-hybridized carbons (Fsp3) is 0.250. The molecule has 0 spiro atoms. The van der Waals surface area contributed by atoms with E-state index in [9.17, 15) is 9.59 Å². The number of hydrogen-bond donors (Lipinski definition) is 1. The van der Waals surface area contributed by atoms with Gasteiger partial charge in [0.2, 0.25) is 5.91 Å². The second-order valence-corrected chi connectivity index (χ2v) is 8.09. The molecule has 2 aliphatic rings. The van der Waals surface area contributed by atoms with Crippen molar-refractivity contribution < 1.29 is 9.59 Å². The predicted molar refractivity (Wildman–Crippen MR) is 105 cm³/mol. The summed E-state index contributed by atoms with van der Waals surface area (Å²) in [6, 6.07) is 4.64. The van der Waals surface area contributed by atoms with Crippen molar-refractivity contribution in [1.29, 1.82) is 0 Å². The molecule has 6 heteroatoms. The van der Waals surface area contributed by atoms with E-state index in [1.54, 1.807) is 30.4 Å². The summed E-state index contributed by atoms with van der Waals surface area (Å²) in [4.78, 5) is 28.5. The number of amides is 2. The zero-order chi connectivity index (χ0) is 19.1. The van der Waals surface area contributed by atoms with Crippen molar-refractivity contribution in [1.82, 2.24) is 5.32 Å². The van der Waals surface area contributed by atoms with Gasteiger partial charge < -0.3 is 5.32 Å². The maximum absolute atomic E-state index is 12.4. The first kappa shape index (κ1) is 18.6. The van der Waals surface area contributed by atoms with Crippen LogP contribution in [0.2, 0.25) is 10.0 Å². The Morgan fingerprint density at radius 1 is 1.19 bits per heavy atom. The van der Waals surface area contributed by atoms with Crippen LogP contribution in [0.4, 0.5) is 0 Å². The van der Waals surface area contributed by atoms with Gasteiger partial charge in [-0.1, -0.05) is 50.0 Å². The minimum Gasteiger partial charge on any atom is -0.325 e. The van der Waals surface area contributed by atoms with Crippen molar-refractivity contribution >= 4 is 40.7 Å². The van der Waals surface area contributed by atoms with Crippen LogP contribution in [0.5, 0.6) is 0 Å². The molecule has 0 aromatic heterocycles. The fourth-order valence-corrected chi connectivity index (χ4v) is 3.47. The number of benzene rings is 1. The molecule has 4 nitrogen and oxygen atoms in total. The largest absolute Gasteiger partial charge is 0.325 e. The third-order valence-electron chi connectivity index (χ3n) is 4.25. The lowest BCUT2D eigenvalue weighted by atomic mass is 9.74. The molecule has 1 aromatic rings. The molecule has 0 saturated carbocycles. The van der Waals surface area contributed by atoms with Crippen LogP contribution in [0.15, 0.2) is 58.8 Å². The molecule has 3 rings (SSSR count). The standard InChI is InChI=1S/C20H18Cl2N2O2/c1-20(2,3)15-10-18(25)24-17-9-12(5-7-13(15)17)23-19(26)14-6-4-11(21)8-16(14)22/h4-10,13H,1-3H3,(H,24,25). The van der Waals surface area contributed by atoms with E-state index in [1.807, 2.05) is 6.08 Å². The number of fused-ring (bicyclic) bond motifs is 1. The highest BCUT2D eigenvalue weighted by Gasteiger charge is 2.32. The molecular weight excluding hydrogens is 371 g/mol. The van der Waals surface area contributed by atoms with Gasteiger partial charge in [0.05, 0.1) is 16.3 Å². The number of aliphatic imine (C=N–C) groups is 1. The molecule has 134 valence electrons. The first-order chi connectivity index (χ1) is 12.1. The van der Waals surface area contributed by atoms with Gasteiger partial charge in [0, 0.05) is 22.7 Å². The van der Waals surface area contributed by atoms with Crippen LogP contribution in [-0.4, -0.2) is 17.5 Å². The van der Waals surface area contributed by atoms with E-state index in [2.05, 4.69) is 31.1 Å². The first-order valence-electron chi connectivity index (χ1n) is 8.16. The fourth-order valence-electron chi connectivity index (χ4n) is 2.98. The van der Waals surface area contributed by atoms with Crippen molar-refractivity contribution in [2.75, 3.05) is 0 Å². The Kier molecular flexibility index (Phi) is 4.91. The summed E-state index contributed by atoms with van der Waals surface area (Å²) in [5.41, 5.74) is 2.34. The number of hydrogen-bond acceptors (Lipinski definition) is 2. The summed E-state index contributed by atoms with van der Waals surface area (Å²) in [6.07, 6.45) is 7.10. The predicted octanol–water partition coefficient (Wildman–Crippen LogP) is 4.75. The summed E-state index contributed by atoms with van der Waals surface area (Å²) >= 11 is 11.9. The van der Waals surface area contributed by atoms with Crippen LogP contribution in [0, 0.1) is 11.3 Å². The highest BCUT2D eigenvalue weighted by atomic mass is 35.5. The van der Waals surface area contributed by atoms with Crippen LogP contribution >= 0.6 is 23.2 Å². The van der Waals surface area contributed by atoms with E-state index in [0.29, 0.717) is 10.7 Å². The molecule has 0 saturated heterocycles. The molecule has 26 heavy (non-hydrogen) atoms. The molecule has 0 fully saturated rings. The molecule has 1 unspecified atom stereocenters. The van der Waals surface area contributed by atoms with Gasteiger partial charge in [-0.25, -0.2) is 4.99 Å². The quantitative estimate of drug-likeness (QED) is 0.754. The minimum absolute atomic E-state index is 0.0270. The molecule has 1 aliphatic heterocycles. The van der Waals surface area contributed by atoms with Crippen LogP contribution in [0.3, 0.4) is 0 Å². The number of nitrogens with one attached hydrogen (secondary N) is 1. The summed E-state index contributed by atoms with van der Waals surface area (Å²) in [5.74, 6) is -0.657. The number of nitrogens with zero attached hydrogens (tertiary/aromatic N) is 1. The van der Waals surface area contributed by atoms with Crippen molar-refractivity contribution in [3.05, 3.63) is 69.4 Å². The van der Waals surface area contributed by atoms with Crippen LogP contribution in [0.25, 0.3) is 0 Å². The topological polar surface area (TPSA) is 58.5 Å². The molecule has 2 amide bonds. The van der Waals surface area contributed by atoms with Crippen molar-refractivity contribution in [3.63, 3.8) is 0 Å². The van der Waals surface area contributed by atoms with E-state index in [4.69, 9.17) is 23.2 Å². The van der Waals surface area contributed by atoms with Gasteiger partial charge in [-0.3, -0.25) is 9.59 Å². The molecule has 1 atom stereocenters. The summed E-state index contributed by atoms with van der Waals surface area (Å²) in [5, 5.41) is 3.54. The third-order valence-corrected chi connectivity index (χ3v) is 4.79. The molecule has 1 aromatic carbocycles. The van der Waals surface area contributed by atoms with Gasteiger partial charge >= 0.3 is 0 Å². The van der Waals surface area contributed by atoms with E-state index in [0.717, 1.165) is 11.3 Å². The van der Waals surface area contributed by atoms with Gasteiger partial charge in [0.15, 0.2) is 0 Å². The normalized spacial score (nSPS) is 21.0. The smallest absolute Gasteiger partial charge is 0.279 e.